The summed E-state index contributed by atoms with van der Waals surface area (Å²) in [6.07, 6.45) is 10.3. The van der Waals surface area contributed by atoms with Gasteiger partial charge < -0.3 is 5.73 Å². The predicted octanol–water partition coefficient (Wildman–Crippen LogP) is 2.81. The first-order valence-corrected chi connectivity index (χ1v) is 6.06. The summed E-state index contributed by atoms with van der Waals surface area (Å²) in [5, 5.41) is 0. The molecule has 0 aromatic heterocycles. The topological polar surface area (TPSA) is 26.0 Å². The molecule has 12 heavy (non-hydrogen) atoms. The van der Waals surface area contributed by atoms with Crippen LogP contribution in [0, 0.1) is 0 Å². The van der Waals surface area contributed by atoms with Gasteiger partial charge in [0, 0.05) is 11.8 Å². The molecule has 0 aromatic rings. The van der Waals surface area contributed by atoms with E-state index in [1.807, 2.05) is 17.8 Å². The molecule has 0 aliphatic rings. The van der Waals surface area contributed by atoms with Crippen LogP contribution in [-0.2, 0) is 0 Å². The first-order valence-electron chi connectivity index (χ1n) is 4.66. The van der Waals surface area contributed by atoms with Crippen molar-refractivity contribution in [2.75, 3.05) is 12.0 Å². The van der Waals surface area contributed by atoms with Crippen LogP contribution in [0.15, 0.2) is 12.7 Å². The fraction of sp³-hybridized carbons (Fsp3) is 0.800. The fourth-order valence-corrected chi connectivity index (χ4v) is 1.76. The highest BCUT2D eigenvalue weighted by molar-refractivity contribution is 7.98. The minimum absolute atomic E-state index is 0.406. The summed E-state index contributed by atoms with van der Waals surface area (Å²) in [5.41, 5.74) is 5.86. The lowest BCUT2D eigenvalue weighted by Gasteiger charge is -2.08. The molecule has 0 heterocycles. The van der Waals surface area contributed by atoms with Gasteiger partial charge in [0.1, 0.15) is 0 Å². The number of rotatable bonds is 8. The van der Waals surface area contributed by atoms with E-state index in [2.05, 4.69) is 12.8 Å². The summed E-state index contributed by atoms with van der Waals surface area (Å²) in [5.74, 6) is 1.10. The van der Waals surface area contributed by atoms with E-state index in [0.29, 0.717) is 6.04 Å². The number of hydrogen-bond donors (Lipinski definition) is 1. The molecule has 0 aromatic carbocycles. The fourth-order valence-electron chi connectivity index (χ4n) is 1.17. The predicted molar refractivity (Wildman–Crippen MR) is 59.6 cm³/mol. The summed E-state index contributed by atoms with van der Waals surface area (Å²) < 4.78 is 0. The van der Waals surface area contributed by atoms with Gasteiger partial charge in [-0.2, -0.15) is 11.8 Å². The zero-order valence-corrected chi connectivity index (χ0v) is 8.91. The van der Waals surface area contributed by atoms with Crippen LogP contribution in [0.5, 0.6) is 0 Å². The zero-order chi connectivity index (χ0) is 9.23. The first-order chi connectivity index (χ1) is 5.81. The van der Waals surface area contributed by atoms with Gasteiger partial charge in [-0.1, -0.05) is 18.9 Å². The molecule has 2 heteroatoms. The summed E-state index contributed by atoms with van der Waals surface area (Å²) in [6, 6.07) is 0.406. The second kappa shape index (κ2) is 9.14. The van der Waals surface area contributed by atoms with Crippen LogP contribution in [0.2, 0.25) is 0 Å². The van der Waals surface area contributed by atoms with E-state index >= 15 is 0 Å². The van der Waals surface area contributed by atoms with E-state index in [4.69, 9.17) is 5.73 Å². The minimum atomic E-state index is 0.406. The third-order valence-electron chi connectivity index (χ3n) is 1.86. The maximum Gasteiger partial charge on any atom is 0.0130 e. The lowest BCUT2D eigenvalue weighted by Crippen LogP contribution is -2.22. The maximum absolute atomic E-state index is 5.86. The van der Waals surface area contributed by atoms with Gasteiger partial charge in [0.2, 0.25) is 0 Å². The second-order valence-electron chi connectivity index (χ2n) is 3.14. The number of nitrogens with two attached hydrogens (primary N) is 1. The Kier molecular flexibility index (Phi) is 9.18. The van der Waals surface area contributed by atoms with E-state index in [9.17, 15) is 0 Å². The Labute approximate surface area is 80.8 Å². The molecule has 0 amide bonds. The highest BCUT2D eigenvalue weighted by Crippen LogP contribution is 2.07. The van der Waals surface area contributed by atoms with Crippen LogP contribution >= 0.6 is 11.8 Å². The van der Waals surface area contributed by atoms with Crippen molar-refractivity contribution >= 4 is 11.8 Å². The van der Waals surface area contributed by atoms with Crippen molar-refractivity contribution < 1.29 is 0 Å². The van der Waals surface area contributed by atoms with Crippen LogP contribution in [0.3, 0.4) is 0 Å². The van der Waals surface area contributed by atoms with Crippen molar-refractivity contribution in [1.82, 2.24) is 0 Å². The average molecular weight is 187 g/mol. The molecule has 72 valence electrons. The molecule has 1 nitrogen and oxygen atoms in total. The van der Waals surface area contributed by atoms with E-state index < -0.39 is 0 Å². The molecule has 0 aliphatic heterocycles. The lowest BCUT2D eigenvalue weighted by molar-refractivity contribution is 0.587. The van der Waals surface area contributed by atoms with Crippen molar-refractivity contribution in [3.05, 3.63) is 12.7 Å². The van der Waals surface area contributed by atoms with Gasteiger partial charge >= 0.3 is 0 Å². The Balaban J connectivity index is 3.02. The Morgan fingerprint density at radius 2 is 2.17 bits per heavy atom. The quantitative estimate of drug-likeness (QED) is 0.467. The number of unbranched alkanes of at least 4 members (excludes halogenated alkanes) is 3. The Bertz CT molecular complexity index is 104. The molecular formula is C10H21NS. The molecule has 1 atom stereocenters. The summed E-state index contributed by atoms with van der Waals surface area (Å²) in [6.45, 7) is 3.69. The third kappa shape index (κ3) is 8.15. The Morgan fingerprint density at radius 1 is 1.42 bits per heavy atom. The SMILES string of the molecule is C=CCCCCCC(N)CSC. The van der Waals surface area contributed by atoms with Crippen LogP contribution in [0.25, 0.3) is 0 Å². The number of hydrogen-bond acceptors (Lipinski definition) is 2. The normalized spacial score (nSPS) is 12.8. The zero-order valence-electron chi connectivity index (χ0n) is 8.09. The van der Waals surface area contributed by atoms with Gasteiger partial charge in [-0.05, 0) is 25.5 Å². The smallest absolute Gasteiger partial charge is 0.0130 e. The second-order valence-corrected chi connectivity index (χ2v) is 4.05. The molecule has 2 N–H and O–H groups in total. The standard InChI is InChI=1S/C10H21NS/c1-3-4-5-6-7-8-10(11)9-12-2/h3,10H,1,4-9,11H2,2H3. The highest BCUT2D eigenvalue weighted by atomic mass is 32.2. The Hall–Kier alpha value is 0.0500. The van der Waals surface area contributed by atoms with Crippen LogP contribution in [0.1, 0.15) is 32.1 Å². The van der Waals surface area contributed by atoms with Gasteiger partial charge in [-0.25, -0.2) is 0 Å². The van der Waals surface area contributed by atoms with E-state index in [1.165, 1.54) is 25.7 Å². The molecule has 0 radical (unpaired) electrons. The molecule has 0 rings (SSSR count). The average Bonchev–Trinajstić information content (AvgIpc) is 2.05. The van der Waals surface area contributed by atoms with E-state index in [-0.39, 0.29) is 0 Å². The third-order valence-corrected chi connectivity index (χ3v) is 2.63. The molecule has 0 fully saturated rings. The highest BCUT2D eigenvalue weighted by Gasteiger charge is 1.99. The first kappa shape index (κ1) is 12.0. The molecule has 0 bridgehead atoms. The summed E-state index contributed by atoms with van der Waals surface area (Å²) >= 11 is 1.84. The molecule has 1 unspecified atom stereocenters. The molecule has 0 spiro atoms. The minimum Gasteiger partial charge on any atom is -0.327 e. The van der Waals surface area contributed by atoms with Crippen LogP contribution in [-0.4, -0.2) is 18.1 Å². The molecule has 0 saturated carbocycles. The molecular weight excluding hydrogens is 166 g/mol. The van der Waals surface area contributed by atoms with Crippen molar-refractivity contribution in [3.63, 3.8) is 0 Å². The molecule has 0 saturated heterocycles. The van der Waals surface area contributed by atoms with Gasteiger partial charge in [0.15, 0.2) is 0 Å². The monoisotopic (exact) mass is 187 g/mol. The van der Waals surface area contributed by atoms with Gasteiger partial charge in [0.05, 0.1) is 0 Å². The molecule has 0 aliphatic carbocycles. The van der Waals surface area contributed by atoms with Crippen molar-refractivity contribution in [1.29, 1.82) is 0 Å². The van der Waals surface area contributed by atoms with Crippen molar-refractivity contribution in [3.8, 4) is 0 Å². The number of allylic oxidation sites excluding steroid dienone is 1. The summed E-state index contributed by atoms with van der Waals surface area (Å²) in [4.78, 5) is 0. The van der Waals surface area contributed by atoms with Crippen molar-refractivity contribution in [2.24, 2.45) is 5.73 Å². The number of thioether (sulfide) groups is 1. The van der Waals surface area contributed by atoms with Gasteiger partial charge in [-0.3, -0.25) is 0 Å². The van der Waals surface area contributed by atoms with Crippen LogP contribution < -0.4 is 5.73 Å². The van der Waals surface area contributed by atoms with Crippen molar-refractivity contribution in [2.45, 2.75) is 38.1 Å². The van der Waals surface area contributed by atoms with E-state index in [1.54, 1.807) is 0 Å². The van der Waals surface area contributed by atoms with Crippen LogP contribution in [0.4, 0.5) is 0 Å². The van der Waals surface area contributed by atoms with Gasteiger partial charge in [-0.15, -0.1) is 6.58 Å². The lowest BCUT2D eigenvalue weighted by atomic mass is 10.1. The summed E-state index contributed by atoms with van der Waals surface area (Å²) in [7, 11) is 0. The van der Waals surface area contributed by atoms with Gasteiger partial charge in [0.25, 0.3) is 0 Å². The van der Waals surface area contributed by atoms with E-state index in [0.717, 1.165) is 12.2 Å². The maximum atomic E-state index is 5.86. The largest absolute Gasteiger partial charge is 0.327 e. The Morgan fingerprint density at radius 3 is 2.75 bits per heavy atom.